The summed E-state index contributed by atoms with van der Waals surface area (Å²) in [5, 5.41) is 10.1. The van der Waals surface area contributed by atoms with Gasteiger partial charge in [-0.1, -0.05) is 17.8 Å². The summed E-state index contributed by atoms with van der Waals surface area (Å²) >= 11 is 1.48. The third kappa shape index (κ3) is 4.31. The molecule has 2 N–H and O–H groups in total. The molecule has 1 unspecified atom stereocenters. The fraction of sp³-hybridized carbons (Fsp3) is 0.400. The molecular formula is C15H18N6O2S. The van der Waals surface area contributed by atoms with Crippen LogP contribution >= 0.6 is 11.8 Å². The lowest BCUT2D eigenvalue weighted by Gasteiger charge is -2.16. The Morgan fingerprint density at radius 2 is 2.33 bits per heavy atom. The van der Waals surface area contributed by atoms with Gasteiger partial charge in [-0.25, -0.2) is 4.98 Å². The number of carbonyl (C=O) groups is 2. The van der Waals surface area contributed by atoms with Gasteiger partial charge in [0.05, 0.1) is 18.2 Å². The van der Waals surface area contributed by atoms with E-state index in [9.17, 15) is 9.59 Å². The van der Waals surface area contributed by atoms with Gasteiger partial charge in [-0.3, -0.25) is 19.7 Å². The minimum atomic E-state index is -0.295. The molecule has 3 rings (SSSR count). The first-order chi connectivity index (χ1) is 11.7. The monoisotopic (exact) mass is 346 g/mol. The van der Waals surface area contributed by atoms with Crippen molar-refractivity contribution in [2.45, 2.75) is 18.1 Å². The number of rotatable bonds is 7. The molecule has 1 aliphatic rings. The lowest BCUT2D eigenvalue weighted by molar-refractivity contribution is -0.129. The van der Waals surface area contributed by atoms with Gasteiger partial charge in [0.25, 0.3) is 0 Å². The van der Waals surface area contributed by atoms with Crippen molar-refractivity contribution in [2.75, 3.05) is 18.8 Å². The highest BCUT2D eigenvalue weighted by Gasteiger charge is 2.34. The molecule has 2 amide bonds. The Hall–Kier alpha value is -2.42. The summed E-state index contributed by atoms with van der Waals surface area (Å²) < 4.78 is 0. The fourth-order valence-corrected chi connectivity index (χ4v) is 3.15. The lowest BCUT2D eigenvalue weighted by atomic mass is 10.1. The van der Waals surface area contributed by atoms with Crippen molar-refractivity contribution in [3.05, 3.63) is 36.4 Å². The van der Waals surface area contributed by atoms with Crippen LogP contribution in [0.25, 0.3) is 0 Å². The molecule has 0 spiro atoms. The van der Waals surface area contributed by atoms with Crippen LogP contribution in [0, 0.1) is 5.92 Å². The van der Waals surface area contributed by atoms with Gasteiger partial charge in [0.2, 0.25) is 11.8 Å². The highest BCUT2D eigenvalue weighted by molar-refractivity contribution is 7.99. The SMILES string of the molecule is O=C(NCCSc1ncn[nH]1)C1CC(=O)N(Cc2ccccn2)C1. The zero-order valence-corrected chi connectivity index (χ0v) is 13.8. The predicted molar refractivity (Wildman–Crippen MR) is 87.9 cm³/mol. The zero-order chi connectivity index (χ0) is 16.8. The van der Waals surface area contributed by atoms with Crippen LogP contribution in [0.1, 0.15) is 12.1 Å². The van der Waals surface area contributed by atoms with Crippen LogP contribution in [0.4, 0.5) is 0 Å². The van der Waals surface area contributed by atoms with E-state index in [2.05, 4.69) is 25.5 Å². The van der Waals surface area contributed by atoms with Crippen LogP contribution < -0.4 is 5.32 Å². The Kier molecular flexibility index (Phi) is 5.42. The van der Waals surface area contributed by atoms with Crippen molar-refractivity contribution in [1.82, 2.24) is 30.4 Å². The summed E-state index contributed by atoms with van der Waals surface area (Å²) in [6.45, 7) is 1.41. The Labute approximate surface area is 143 Å². The average molecular weight is 346 g/mol. The van der Waals surface area contributed by atoms with Crippen molar-refractivity contribution in [2.24, 2.45) is 5.92 Å². The van der Waals surface area contributed by atoms with Gasteiger partial charge in [0, 0.05) is 31.5 Å². The molecule has 0 radical (unpaired) electrons. The molecule has 0 bridgehead atoms. The Bertz CT molecular complexity index is 679. The molecule has 1 saturated heterocycles. The van der Waals surface area contributed by atoms with Gasteiger partial charge in [-0.05, 0) is 12.1 Å². The fourth-order valence-electron chi connectivity index (χ4n) is 2.52. The maximum absolute atomic E-state index is 12.2. The maximum atomic E-state index is 12.2. The Balaban J connectivity index is 1.42. The number of carbonyl (C=O) groups excluding carboxylic acids is 2. The molecule has 2 aromatic heterocycles. The molecular weight excluding hydrogens is 328 g/mol. The summed E-state index contributed by atoms with van der Waals surface area (Å²) in [6, 6.07) is 5.60. The lowest BCUT2D eigenvalue weighted by Crippen LogP contribution is -2.34. The maximum Gasteiger partial charge on any atom is 0.225 e. The minimum Gasteiger partial charge on any atom is -0.355 e. The summed E-state index contributed by atoms with van der Waals surface area (Å²) in [5.41, 5.74) is 0.829. The number of thioether (sulfide) groups is 1. The molecule has 1 fully saturated rings. The van der Waals surface area contributed by atoms with Gasteiger partial charge < -0.3 is 10.2 Å². The second-order valence-electron chi connectivity index (χ2n) is 5.43. The van der Waals surface area contributed by atoms with Gasteiger partial charge in [-0.2, -0.15) is 5.10 Å². The molecule has 8 nitrogen and oxygen atoms in total. The summed E-state index contributed by atoms with van der Waals surface area (Å²) in [7, 11) is 0. The van der Waals surface area contributed by atoms with Gasteiger partial charge >= 0.3 is 0 Å². The standard InChI is InChI=1S/C15H18N6O2S/c22-13-7-11(8-21(13)9-12-3-1-2-4-16-12)14(23)17-5-6-24-15-18-10-19-20-15/h1-4,10-11H,5-9H2,(H,17,23)(H,18,19,20). The van der Waals surface area contributed by atoms with Crippen LogP contribution in [0.15, 0.2) is 35.9 Å². The van der Waals surface area contributed by atoms with Crippen LogP contribution in [0.3, 0.4) is 0 Å². The first-order valence-corrected chi connectivity index (χ1v) is 8.64. The minimum absolute atomic E-state index is 0.00293. The van der Waals surface area contributed by atoms with E-state index in [1.54, 1.807) is 11.1 Å². The smallest absolute Gasteiger partial charge is 0.225 e. The van der Waals surface area contributed by atoms with E-state index in [1.807, 2.05) is 18.2 Å². The van der Waals surface area contributed by atoms with Crippen molar-refractivity contribution in [1.29, 1.82) is 0 Å². The zero-order valence-electron chi connectivity index (χ0n) is 13.0. The molecule has 1 aliphatic heterocycles. The molecule has 1 atom stereocenters. The normalized spacial score (nSPS) is 17.2. The van der Waals surface area contributed by atoms with Crippen LogP contribution in [0.5, 0.6) is 0 Å². The first-order valence-electron chi connectivity index (χ1n) is 7.66. The van der Waals surface area contributed by atoms with Crippen molar-refractivity contribution < 1.29 is 9.59 Å². The molecule has 24 heavy (non-hydrogen) atoms. The van der Waals surface area contributed by atoms with E-state index in [0.29, 0.717) is 25.4 Å². The van der Waals surface area contributed by atoms with Crippen molar-refractivity contribution in [3.63, 3.8) is 0 Å². The number of hydrogen-bond donors (Lipinski definition) is 2. The van der Waals surface area contributed by atoms with Crippen molar-refractivity contribution >= 4 is 23.6 Å². The topological polar surface area (TPSA) is 104 Å². The first kappa shape index (κ1) is 16.4. The number of aromatic amines is 1. The molecule has 3 heterocycles. The quantitative estimate of drug-likeness (QED) is 0.557. The van der Waals surface area contributed by atoms with E-state index < -0.39 is 0 Å². The highest BCUT2D eigenvalue weighted by atomic mass is 32.2. The predicted octanol–water partition coefficient (Wildman–Crippen LogP) is 0.457. The van der Waals surface area contributed by atoms with Gasteiger partial charge in [0.15, 0.2) is 5.16 Å². The van der Waals surface area contributed by atoms with Crippen LogP contribution in [0.2, 0.25) is 0 Å². The average Bonchev–Trinajstić information content (AvgIpc) is 3.23. The Morgan fingerprint density at radius 3 is 3.08 bits per heavy atom. The number of hydrogen-bond acceptors (Lipinski definition) is 6. The highest BCUT2D eigenvalue weighted by Crippen LogP contribution is 2.20. The number of aromatic nitrogens is 4. The summed E-state index contributed by atoms with van der Waals surface area (Å²) in [5.74, 6) is 0.317. The van der Waals surface area contributed by atoms with E-state index >= 15 is 0 Å². The number of likely N-dealkylation sites (tertiary alicyclic amines) is 1. The largest absolute Gasteiger partial charge is 0.355 e. The molecule has 9 heteroatoms. The van der Waals surface area contributed by atoms with Crippen LogP contribution in [-0.4, -0.2) is 55.7 Å². The molecule has 0 aliphatic carbocycles. The molecule has 0 saturated carbocycles. The van der Waals surface area contributed by atoms with Crippen LogP contribution in [-0.2, 0) is 16.1 Å². The molecule has 126 valence electrons. The van der Waals surface area contributed by atoms with E-state index in [4.69, 9.17) is 0 Å². The summed E-state index contributed by atoms with van der Waals surface area (Å²) in [6.07, 6.45) is 3.40. The third-order valence-electron chi connectivity index (χ3n) is 3.70. The summed E-state index contributed by atoms with van der Waals surface area (Å²) in [4.78, 5) is 34.2. The van der Waals surface area contributed by atoms with E-state index in [1.165, 1.54) is 18.1 Å². The molecule has 2 aromatic rings. The van der Waals surface area contributed by atoms with E-state index in [0.717, 1.165) is 10.9 Å². The second-order valence-corrected chi connectivity index (χ2v) is 6.51. The number of amides is 2. The second kappa shape index (κ2) is 7.91. The van der Waals surface area contributed by atoms with E-state index in [-0.39, 0.29) is 24.2 Å². The van der Waals surface area contributed by atoms with Crippen molar-refractivity contribution in [3.8, 4) is 0 Å². The molecule has 0 aromatic carbocycles. The van der Waals surface area contributed by atoms with Gasteiger partial charge in [-0.15, -0.1) is 0 Å². The Morgan fingerprint density at radius 1 is 1.42 bits per heavy atom. The third-order valence-corrected chi connectivity index (χ3v) is 4.58. The number of nitrogens with zero attached hydrogens (tertiary/aromatic N) is 4. The number of pyridine rings is 1. The number of nitrogens with one attached hydrogen (secondary N) is 2. The van der Waals surface area contributed by atoms with Gasteiger partial charge in [0.1, 0.15) is 6.33 Å². The number of H-pyrrole nitrogens is 1.